The fourth-order valence-corrected chi connectivity index (χ4v) is 3.30. The summed E-state index contributed by atoms with van der Waals surface area (Å²) in [6.07, 6.45) is 0.190. The average Bonchev–Trinajstić information content (AvgIpc) is 3.19. The number of amides is 1. The smallest absolute Gasteiger partial charge is 0.340 e. The van der Waals surface area contributed by atoms with E-state index in [2.05, 4.69) is 15.5 Å². The molecule has 0 saturated carbocycles. The molecule has 0 aliphatic rings. The van der Waals surface area contributed by atoms with E-state index in [1.807, 2.05) is 0 Å². The number of nitrogens with one attached hydrogen (secondary N) is 1. The van der Waals surface area contributed by atoms with E-state index in [-0.39, 0.29) is 16.9 Å². The van der Waals surface area contributed by atoms with Crippen LogP contribution < -0.4 is 5.32 Å². The molecule has 1 unspecified atom stereocenters. The summed E-state index contributed by atoms with van der Waals surface area (Å²) in [7, 11) is 0. The molecule has 10 nitrogen and oxygen atoms in total. The molecule has 0 aliphatic heterocycles. The van der Waals surface area contributed by atoms with Crippen molar-refractivity contribution in [3.8, 4) is 0 Å². The molecule has 33 heavy (non-hydrogen) atoms. The number of rotatable bonds is 6. The maximum atomic E-state index is 13.1. The van der Waals surface area contributed by atoms with E-state index in [0.29, 0.717) is 22.6 Å². The molecule has 4 aromatic rings. The van der Waals surface area contributed by atoms with E-state index in [0.717, 1.165) is 0 Å². The maximum absolute atomic E-state index is 13.1. The Labute approximate surface area is 188 Å². The van der Waals surface area contributed by atoms with Gasteiger partial charge in [0.05, 0.1) is 10.5 Å². The topological polar surface area (TPSA) is 129 Å². The van der Waals surface area contributed by atoms with Crippen molar-refractivity contribution in [1.82, 2.24) is 14.6 Å². The predicted octanol–water partition coefficient (Wildman–Crippen LogP) is 3.79. The standard InChI is InChI=1S/C23H19N5O5/c1-14-8-10-18(19(12-14)28(31)32)24-22(29)21(16-6-4-3-5-7-16)33-23(30)17-9-11-20-26-25-15(2)27(20)13-17/h3-13,21H,1-2H3,(H,24,29). The lowest BCUT2D eigenvalue weighted by atomic mass is 10.1. The predicted molar refractivity (Wildman–Crippen MR) is 119 cm³/mol. The Bertz CT molecular complexity index is 1370. The molecule has 166 valence electrons. The van der Waals surface area contributed by atoms with Crippen LogP contribution in [-0.2, 0) is 9.53 Å². The molecule has 0 radical (unpaired) electrons. The summed E-state index contributed by atoms with van der Waals surface area (Å²) in [5, 5.41) is 21.9. The lowest BCUT2D eigenvalue weighted by Gasteiger charge is -2.18. The van der Waals surface area contributed by atoms with Gasteiger partial charge in [-0.3, -0.25) is 19.3 Å². The molecule has 0 fully saturated rings. The van der Waals surface area contributed by atoms with Crippen LogP contribution in [0.25, 0.3) is 5.65 Å². The van der Waals surface area contributed by atoms with Gasteiger partial charge < -0.3 is 10.1 Å². The van der Waals surface area contributed by atoms with Gasteiger partial charge in [0.1, 0.15) is 11.5 Å². The number of hydrogen-bond donors (Lipinski definition) is 1. The number of benzene rings is 2. The quantitative estimate of drug-likeness (QED) is 0.272. The molecule has 0 bridgehead atoms. The molecule has 2 aromatic carbocycles. The number of nitrogens with zero attached hydrogens (tertiary/aromatic N) is 4. The number of nitro groups is 1. The fourth-order valence-electron chi connectivity index (χ4n) is 3.30. The van der Waals surface area contributed by atoms with Gasteiger partial charge in [0.2, 0.25) is 6.10 Å². The van der Waals surface area contributed by atoms with Crippen LogP contribution in [0.15, 0.2) is 66.9 Å². The Morgan fingerprint density at radius 1 is 1.06 bits per heavy atom. The highest BCUT2D eigenvalue weighted by molar-refractivity contribution is 5.99. The van der Waals surface area contributed by atoms with Crippen LogP contribution in [0, 0.1) is 24.0 Å². The lowest BCUT2D eigenvalue weighted by molar-refractivity contribution is -0.384. The zero-order valence-electron chi connectivity index (χ0n) is 17.8. The SMILES string of the molecule is Cc1ccc(NC(=O)C(OC(=O)c2ccc3nnc(C)n3c2)c2ccccc2)c([N+](=O)[O-])c1. The lowest BCUT2D eigenvalue weighted by Crippen LogP contribution is -2.26. The second-order valence-corrected chi connectivity index (χ2v) is 7.36. The number of anilines is 1. The summed E-state index contributed by atoms with van der Waals surface area (Å²) in [5.74, 6) is -0.876. The van der Waals surface area contributed by atoms with Gasteiger partial charge in [0.25, 0.3) is 11.6 Å². The van der Waals surface area contributed by atoms with Crippen LogP contribution in [-0.4, -0.2) is 31.4 Å². The monoisotopic (exact) mass is 445 g/mol. The van der Waals surface area contributed by atoms with Crippen LogP contribution in [0.2, 0.25) is 0 Å². The highest BCUT2D eigenvalue weighted by Gasteiger charge is 2.28. The van der Waals surface area contributed by atoms with Crippen LogP contribution in [0.1, 0.15) is 33.4 Å². The second-order valence-electron chi connectivity index (χ2n) is 7.36. The number of hydrogen-bond acceptors (Lipinski definition) is 7. The summed E-state index contributed by atoms with van der Waals surface area (Å²) in [6.45, 7) is 3.45. The van der Waals surface area contributed by atoms with Crippen LogP contribution >= 0.6 is 0 Å². The van der Waals surface area contributed by atoms with Gasteiger partial charge in [-0.05, 0) is 37.6 Å². The Morgan fingerprint density at radius 3 is 2.55 bits per heavy atom. The zero-order valence-corrected chi connectivity index (χ0v) is 17.8. The molecule has 1 atom stereocenters. The van der Waals surface area contributed by atoms with Crippen LogP contribution in [0.3, 0.4) is 0 Å². The fraction of sp³-hybridized carbons (Fsp3) is 0.130. The molecule has 0 spiro atoms. The summed E-state index contributed by atoms with van der Waals surface area (Å²) in [4.78, 5) is 36.9. The highest BCUT2D eigenvalue weighted by Crippen LogP contribution is 2.28. The summed E-state index contributed by atoms with van der Waals surface area (Å²) >= 11 is 0. The maximum Gasteiger partial charge on any atom is 0.340 e. The van der Waals surface area contributed by atoms with E-state index in [9.17, 15) is 19.7 Å². The number of fused-ring (bicyclic) bond motifs is 1. The van der Waals surface area contributed by atoms with Crippen molar-refractivity contribution in [2.24, 2.45) is 0 Å². The van der Waals surface area contributed by atoms with Gasteiger partial charge in [-0.15, -0.1) is 10.2 Å². The third kappa shape index (κ3) is 4.54. The third-order valence-corrected chi connectivity index (χ3v) is 4.98. The number of nitro benzene ring substituents is 1. The van der Waals surface area contributed by atoms with Crippen molar-refractivity contribution in [2.75, 3.05) is 5.32 Å². The Kier molecular flexibility index (Phi) is 5.81. The minimum atomic E-state index is -1.34. The third-order valence-electron chi connectivity index (χ3n) is 4.98. The molecule has 2 heterocycles. The number of ether oxygens (including phenoxy) is 1. The first-order valence-electron chi connectivity index (χ1n) is 9.96. The normalized spacial score (nSPS) is 11.7. The van der Waals surface area contributed by atoms with Crippen molar-refractivity contribution in [3.63, 3.8) is 0 Å². The Balaban J connectivity index is 1.64. The molecule has 1 amide bonds. The average molecular weight is 445 g/mol. The molecule has 0 aliphatic carbocycles. The van der Waals surface area contributed by atoms with Crippen molar-refractivity contribution in [2.45, 2.75) is 20.0 Å². The number of carbonyl (C=O) groups is 2. The van der Waals surface area contributed by atoms with Gasteiger partial charge >= 0.3 is 5.97 Å². The molecule has 2 aromatic heterocycles. The van der Waals surface area contributed by atoms with Crippen molar-refractivity contribution < 1.29 is 19.2 Å². The molecule has 0 saturated heterocycles. The molecule has 4 rings (SSSR count). The minimum Gasteiger partial charge on any atom is -0.444 e. The van der Waals surface area contributed by atoms with Gasteiger partial charge in [-0.1, -0.05) is 36.4 Å². The van der Waals surface area contributed by atoms with Gasteiger partial charge in [-0.25, -0.2) is 4.79 Å². The van der Waals surface area contributed by atoms with Crippen LogP contribution in [0.4, 0.5) is 11.4 Å². The number of aromatic nitrogens is 3. The molecular formula is C23H19N5O5. The van der Waals surface area contributed by atoms with Crippen molar-refractivity contribution in [3.05, 3.63) is 99.5 Å². The van der Waals surface area contributed by atoms with Crippen molar-refractivity contribution in [1.29, 1.82) is 0 Å². The van der Waals surface area contributed by atoms with E-state index < -0.39 is 22.9 Å². The number of pyridine rings is 1. The molecule has 10 heteroatoms. The van der Waals surface area contributed by atoms with Gasteiger partial charge in [-0.2, -0.15) is 0 Å². The number of carbonyl (C=O) groups excluding carboxylic acids is 2. The summed E-state index contributed by atoms with van der Waals surface area (Å²) in [5.41, 5.74) is 1.60. The summed E-state index contributed by atoms with van der Waals surface area (Å²) in [6, 6.07) is 16.0. The minimum absolute atomic E-state index is 0.00844. The second kappa shape index (κ2) is 8.87. The van der Waals surface area contributed by atoms with E-state index in [1.165, 1.54) is 24.4 Å². The number of aryl methyl sites for hydroxylation is 2. The molecule has 1 N–H and O–H groups in total. The van der Waals surface area contributed by atoms with E-state index >= 15 is 0 Å². The Hall–Kier alpha value is -4.60. The molecular weight excluding hydrogens is 426 g/mol. The van der Waals surface area contributed by atoms with E-state index in [1.54, 1.807) is 60.7 Å². The van der Waals surface area contributed by atoms with Crippen molar-refractivity contribution >= 4 is 28.9 Å². The first-order valence-corrected chi connectivity index (χ1v) is 9.96. The van der Waals surface area contributed by atoms with E-state index in [4.69, 9.17) is 4.74 Å². The first-order chi connectivity index (χ1) is 15.8. The highest BCUT2D eigenvalue weighted by atomic mass is 16.6. The number of esters is 1. The largest absolute Gasteiger partial charge is 0.444 e. The van der Waals surface area contributed by atoms with Gasteiger partial charge in [0, 0.05) is 17.8 Å². The van der Waals surface area contributed by atoms with Crippen LogP contribution in [0.5, 0.6) is 0 Å². The Morgan fingerprint density at radius 2 is 1.82 bits per heavy atom. The van der Waals surface area contributed by atoms with Gasteiger partial charge in [0.15, 0.2) is 5.65 Å². The first kappa shape index (κ1) is 21.6. The zero-order chi connectivity index (χ0) is 23.5. The summed E-state index contributed by atoms with van der Waals surface area (Å²) < 4.78 is 7.20.